The molecule has 2 heterocycles. The molecule has 0 bridgehead atoms. The van der Waals surface area contributed by atoms with E-state index in [4.69, 9.17) is 4.99 Å². The van der Waals surface area contributed by atoms with Crippen LogP contribution in [-0.2, 0) is 4.79 Å². The Morgan fingerprint density at radius 2 is 1.88 bits per heavy atom. The van der Waals surface area contributed by atoms with Crippen molar-refractivity contribution < 1.29 is 9.90 Å². The van der Waals surface area contributed by atoms with Crippen LogP contribution in [0.2, 0.25) is 0 Å². The molecule has 1 aromatic rings. The maximum Gasteiger partial charge on any atom is 0.228 e. The van der Waals surface area contributed by atoms with Gasteiger partial charge in [-0.15, -0.1) is 0 Å². The van der Waals surface area contributed by atoms with Gasteiger partial charge in [0, 0.05) is 24.2 Å². The van der Waals surface area contributed by atoms with Crippen LogP contribution < -0.4 is 0 Å². The Hall–Kier alpha value is -2.10. The second-order valence-corrected chi connectivity index (χ2v) is 7.51. The third kappa shape index (κ3) is 3.48. The van der Waals surface area contributed by atoms with E-state index in [9.17, 15) is 9.90 Å². The van der Waals surface area contributed by atoms with Crippen molar-refractivity contribution in [3.05, 3.63) is 41.1 Å². The number of phenolic OH excluding ortho intramolecular Hbond substituents is 1. The first-order valence-corrected chi connectivity index (χ1v) is 9.25. The Labute approximate surface area is 150 Å². The molecule has 3 rings (SSSR count). The molecule has 2 aliphatic rings. The number of aromatic hydroxyl groups is 1. The van der Waals surface area contributed by atoms with Gasteiger partial charge in [0.1, 0.15) is 5.75 Å². The molecule has 25 heavy (non-hydrogen) atoms. The van der Waals surface area contributed by atoms with Crippen LogP contribution in [0.15, 0.2) is 40.5 Å². The molecule has 1 unspecified atom stereocenters. The van der Waals surface area contributed by atoms with Crippen molar-refractivity contribution in [2.45, 2.75) is 53.0 Å². The van der Waals surface area contributed by atoms with Gasteiger partial charge in [0.15, 0.2) is 0 Å². The Bertz CT molecular complexity index is 718. The molecule has 0 saturated carbocycles. The van der Waals surface area contributed by atoms with Gasteiger partial charge >= 0.3 is 0 Å². The number of rotatable bonds is 3. The monoisotopic (exact) mass is 340 g/mol. The van der Waals surface area contributed by atoms with Gasteiger partial charge in [0.05, 0.1) is 12.1 Å². The fourth-order valence-electron chi connectivity index (χ4n) is 3.90. The summed E-state index contributed by atoms with van der Waals surface area (Å²) in [7, 11) is 0. The summed E-state index contributed by atoms with van der Waals surface area (Å²) in [6.07, 6.45) is 2.58. The molecular weight excluding hydrogens is 312 g/mol. The third-order valence-corrected chi connectivity index (χ3v) is 5.93. The van der Waals surface area contributed by atoms with Crippen LogP contribution in [0.3, 0.4) is 0 Å². The van der Waals surface area contributed by atoms with E-state index in [2.05, 4.69) is 27.7 Å². The third-order valence-electron chi connectivity index (χ3n) is 5.93. The van der Waals surface area contributed by atoms with Gasteiger partial charge in [-0.1, -0.05) is 13.8 Å². The fourth-order valence-corrected chi connectivity index (χ4v) is 3.90. The van der Waals surface area contributed by atoms with E-state index in [1.54, 1.807) is 12.1 Å². The first kappa shape index (κ1) is 17.7. The number of allylic oxidation sites excluding steroid dienone is 1. The lowest BCUT2D eigenvalue weighted by molar-refractivity contribution is -0.131. The molecule has 0 spiro atoms. The summed E-state index contributed by atoms with van der Waals surface area (Å²) in [5.74, 6) is 1.08. The van der Waals surface area contributed by atoms with Crippen molar-refractivity contribution in [3.63, 3.8) is 0 Å². The van der Waals surface area contributed by atoms with Gasteiger partial charge in [0.25, 0.3) is 0 Å². The molecule has 1 amide bonds. The lowest BCUT2D eigenvalue weighted by atomic mass is 9.80. The van der Waals surface area contributed by atoms with Crippen molar-refractivity contribution in [1.29, 1.82) is 0 Å². The van der Waals surface area contributed by atoms with Crippen LogP contribution in [0, 0.1) is 11.8 Å². The highest BCUT2D eigenvalue weighted by molar-refractivity contribution is 6.04. The van der Waals surface area contributed by atoms with Crippen LogP contribution in [0.1, 0.15) is 52.5 Å². The molecule has 1 fully saturated rings. The molecule has 4 heteroatoms. The zero-order chi connectivity index (χ0) is 18.1. The average Bonchev–Trinajstić information content (AvgIpc) is 3.02. The Balaban J connectivity index is 1.88. The topological polar surface area (TPSA) is 52.9 Å². The molecule has 0 radical (unpaired) electrons. The maximum atomic E-state index is 12.7. The van der Waals surface area contributed by atoms with Gasteiger partial charge in [-0.3, -0.25) is 9.79 Å². The van der Waals surface area contributed by atoms with E-state index in [1.807, 2.05) is 17.0 Å². The minimum atomic E-state index is 0.190. The van der Waals surface area contributed by atoms with Crippen molar-refractivity contribution in [2.24, 2.45) is 16.8 Å². The number of aliphatic imine (C=N–C) groups is 1. The van der Waals surface area contributed by atoms with Crippen LogP contribution >= 0.6 is 0 Å². The molecule has 1 saturated heterocycles. The first-order chi connectivity index (χ1) is 11.9. The zero-order valence-electron chi connectivity index (χ0n) is 15.6. The van der Waals surface area contributed by atoms with Crippen LogP contribution in [-0.4, -0.2) is 34.2 Å². The second-order valence-electron chi connectivity index (χ2n) is 7.51. The number of hydrogen-bond acceptors (Lipinski definition) is 3. The molecule has 3 atom stereocenters. The number of benzene rings is 1. The molecule has 134 valence electrons. The number of carbonyl (C=O) groups is 1. The minimum absolute atomic E-state index is 0.190. The van der Waals surface area contributed by atoms with Gasteiger partial charge in [-0.25, -0.2) is 0 Å². The number of nitrogens with zero attached hydrogens (tertiary/aromatic N) is 2. The molecule has 0 aliphatic carbocycles. The Morgan fingerprint density at radius 1 is 1.20 bits per heavy atom. The first-order valence-electron chi connectivity index (χ1n) is 9.25. The van der Waals surface area contributed by atoms with Gasteiger partial charge in [-0.2, -0.15) is 0 Å². The molecule has 1 aromatic carbocycles. The summed E-state index contributed by atoms with van der Waals surface area (Å²) in [6, 6.07) is 7.53. The van der Waals surface area contributed by atoms with Gasteiger partial charge in [-0.05, 0) is 68.0 Å². The minimum Gasteiger partial charge on any atom is -0.508 e. The lowest BCUT2D eigenvalue weighted by Gasteiger charge is -2.30. The van der Waals surface area contributed by atoms with Crippen molar-refractivity contribution in [1.82, 2.24) is 4.90 Å². The predicted octanol–water partition coefficient (Wildman–Crippen LogP) is 4.14. The van der Waals surface area contributed by atoms with E-state index in [-0.39, 0.29) is 17.6 Å². The highest BCUT2D eigenvalue weighted by Crippen LogP contribution is 2.34. The molecule has 1 N–H and O–H groups in total. The highest BCUT2D eigenvalue weighted by Gasteiger charge is 2.30. The lowest BCUT2D eigenvalue weighted by Crippen LogP contribution is -2.34. The van der Waals surface area contributed by atoms with E-state index in [0.717, 1.165) is 36.4 Å². The summed E-state index contributed by atoms with van der Waals surface area (Å²) < 4.78 is 0. The number of carbonyl (C=O) groups excluding carboxylic acids is 1. The SMILES string of the molecule is CC1=C(CC(=O)N2CCC[C@H]2C)N=C(c2ccc(O)cc2)[C@@H](C)C1C. The number of hydrogen-bond donors (Lipinski definition) is 1. The summed E-state index contributed by atoms with van der Waals surface area (Å²) in [5, 5.41) is 9.53. The zero-order valence-corrected chi connectivity index (χ0v) is 15.6. The van der Waals surface area contributed by atoms with Crippen LogP contribution in [0.4, 0.5) is 0 Å². The van der Waals surface area contributed by atoms with Crippen molar-refractivity contribution in [3.8, 4) is 5.75 Å². The predicted molar refractivity (Wildman–Crippen MR) is 101 cm³/mol. The normalized spacial score (nSPS) is 26.8. The van der Waals surface area contributed by atoms with Crippen LogP contribution in [0.5, 0.6) is 5.75 Å². The van der Waals surface area contributed by atoms with E-state index in [0.29, 0.717) is 18.4 Å². The summed E-state index contributed by atoms with van der Waals surface area (Å²) >= 11 is 0. The van der Waals surface area contributed by atoms with Gasteiger partial charge in [0.2, 0.25) is 5.91 Å². The second kappa shape index (κ2) is 7.03. The van der Waals surface area contributed by atoms with E-state index >= 15 is 0 Å². The molecule has 4 nitrogen and oxygen atoms in total. The molecular formula is C21H28N2O2. The van der Waals surface area contributed by atoms with E-state index in [1.165, 1.54) is 5.57 Å². The van der Waals surface area contributed by atoms with Crippen LogP contribution in [0.25, 0.3) is 0 Å². The number of amides is 1. The fraction of sp³-hybridized carbons (Fsp3) is 0.524. The van der Waals surface area contributed by atoms with E-state index < -0.39 is 0 Å². The Morgan fingerprint density at radius 3 is 2.48 bits per heavy atom. The average molecular weight is 340 g/mol. The van der Waals surface area contributed by atoms with Crippen molar-refractivity contribution >= 4 is 11.6 Å². The Kier molecular flexibility index (Phi) is 4.98. The highest BCUT2D eigenvalue weighted by atomic mass is 16.3. The largest absolute Gasteiger partial charge is 0.508 e. The standard InChI is InChI=1S/C21H28N2O2/c1-13-6-5-11-23(13)20(25)12-19-15(3)14(2)16(4)21(22-19)17-7-9-18(24)10-8-17/h7-10,13-14,16,24H,5-6,11-12H2,1-4H3/t13-,14?,16+/m1/s1. The quantitative estimate of drug-likeness (QED) is 0.899. The maximum absolute atomic E-state index is 12.7. The molecule has 0 aromatic heterocycles. The van der Waals surface area contributed by atoms with Gasteiger partial charge < -0.3 is 10.0 Å². The molecule has 2 aliphatic heterocycles. The summed E-state index contributed by atoms with van der Waals surface area (Å²) in [5.41, 5.74) is 4.16. The number of likely N-dealkylation sites (tertiary alicyclic amines) is 1. The summed E-state index contributed by atoms with van der Waals surface area (Å²) in [6.45, 7) is 9.49. The number of phenols is 1. The van der Waals surface area contributed by atoms with Crippen molar-refractivity contribution in [2.75, 3.05) is 6.54 Å². The smallest absolute Gasteiger partial charge is 0.228 e. The summed E-state index contributed by atoms with van der Waals surface area (Å²) in [4.78, 5) is 19.6.